The van der Waals surface area contributed by atoms with Gasteiger partial charge < -0.3 is 10.6 Å². The maximum absolute atomic E-state index is 12.9. The van der Waals surface area contributed by atoms with Crippen molar-refractivity contribution in [3.05, 3.63) is 35.6 Å². The van der Waals surface area contributed by atoms with Crippen LogP contribution in [-0.4, -0.2) is 19.0 Å². The Morgan fingerprint density at radius 2 is 2.16 bits per heavy atom. The first kappa shape index (κ1) is 14.0. The minimum atomic E-state index is -0.283. The van der Waals surface area contributed by atoms with Gasteiger partial charge in [-0.25, -0.2) is 4.39 Å². The predicted octanol–water partition coefficient (Wildman–Crippen LogP) is 2.39. The van der Waals surface area contributed by atoms with Gasteiger partial charge in [0.15, 0.2) is 0 Å². The van der Waals surface area contributed by atoms with Gasteiger partial charge in [-0.2, -0.15) is 0 Å². The summed E-state index contributed by atoms with van der Waals surface area (Å²) in [5.74, 6) is -0.163. The van der Waals surface area contributed by atoms with Gasteiger partial charge >= 0.3 is 0 Å². The Labute approximate surface area is 113 Å². The van der Waals surface area contributed by atoms with E-state index in [0.717, 1.165) is 31.5 Å². The van der Waals surface area contributed by atoms with E-state index in [-0.39, 0.29) is 23.2 Å². The number of nitrogens with one attached hydrogen (secondary N) is 2. The zero-order valence-electron chi connectivity index (χ0n) is 11.5. The molecule has 3 nitrogen and oxygen atoms in total. The number of rotatable bonds is 4. The Balaban J connectivity index is 2.04. The lowest BCUT2D eigenvalue weighted by atomic mass is 9.83. The number of hydrogen-bond acceptors (Lipinski definition) is 2. The third-order valence-electron chi connectivity index (χ3n) is 4.12. The molecule has 0 radical (unpaired) electrons. The van der Waals surface area contributed by atoms with Crippen molar-refractivity contribution in [2.75, 3.05) is 13.1 Å². The Hall–Kier alpha value is -1.42. The maximum atomic E-state index is 12.9. The fraction of sp³-hybridized carbons (Fsp3) is 0.533. The molecule has 1 amide bonds. The molecular weight excluding hydrogens is 243 g/mol. The van der Waals surface area contributed by atoms with Crippen LogP contribution >= 0.6 is 0 Å². The molecule has 1 aliphatic rings. The molecule has 2 atom stereocenters. The van der Waals surface area contributed by atoms with Gasteiger partial charge in [0.2, 0.25) is 5.91 Å². The molecule has 1 aromatic carbocycles. The number of amides is 1. The summed E-state index contributed by atoms with van der Waals surface area (Å²) in [7, 11) is 0. The van der Waals surface area contributed by atoms with Crippen LogP contribution in [-0.2, 0) is 4.79 Å². The van der Waals surface area contributed by atoms with Crippen LogP contribution in [0.25, 0.3) is 0 Å². The van der Waals surface area contributed by atoms with Crippen LogP contribution in [0.4, 0.5) is 4.39 Å². The SMILES string of the molecule is CCC1(C(=O)NC(C)c2ccc(F)cc2)CCNC1. The summed E-state index contributed by atoms with van der Waals surface area (Å²) in [6.07, 6.45) is 1.72. The van der Waals surface area contributed by atoms with E-state index in [1.165, 1.54) is 12.1 Å². The first-order valence-electron chi connectivity index (χ1n) is 6.84. The highest BCUT2D eigenvalue weighted by molar-refractivity contribution is 5.83. The molecule has 1 aromatic rings. The van der Waals surface area contributed by atoms with Crippen LogP contribution in [0.1, 0.15) is 38.3 Å². The zero-order valence-corrected chi connectivity index (χ0v) is 11.5. The van der Waals surface area contributed by atoms with Crippen LogP contribution in [0.5, 0.6) is 0 Å². The van der Waals surface area contributed by atoms with Gasteiger partial charge in [0.25, 0.3) is 0 Å². The van der Waals surface area contributed by atoms with Gasteiger partial charge in [-0.15, -0.1) is 0 Å². The van der Waals surface area contributed by atoms with Gasteiger partial charge in [-0.1, -0.05) is 19.1 Å². The van der Waals surface area contributed by atoms with Crippen molar-refractivity contribution < 1.29 is 9.18 Å². The smallest absolute Gasteiger partial charge is 0.228 e. The predicted molar refractivity (Wildman–Crippen MR) is 73.2 cm³/mol. The van der Waals surface area contributed by atoms with Gasteiger partial charge in [0, 0.05) is 6.54 Å². The van der Waals surface area contributed by atoms with Crippen molar-refractivity contribution in [2.45, 2.75) is 32.7 Å². The number of halogens is 1. The third kappa shape index (κ3) is 2.95. The summed E-state index contributed by atoms with van der Waals surface area (Å²) in [4.78, 5) is 12.4. The second-order valence-corrected chi connectivity index (χ2v) is 5.31. The zero-order chi connectivity index (χ0) is 13.9. The number of benzene rings is 1. The lowest BCUT2D eigenvalue weighted by Crippen LogP contribution is -2.43. The van der Waals surface area contributed by atoms with E-state index >= 15 is 0 Å². The van der Waals surface area contributed by atoms with E-state index in [1.807, 2.05) is 6.92 Å². The van der Waals surface area contributed by atoms with Crippen molar-refractivity contribution in [3.63, 3.8) is 0 Å². The largest absolute Gasteiger partial charge is 0.349 e. The molecule has 4 heteroatoms. The molecule has 1 fully saturated rings. The summed E-state index contributed by atoms with van der Waals surface area (Å²) >= 11 is 0. The van der Waals surface area contributed by atoms with Gasteiger partial charge in [0.05, 0.1) is 11.5 Å². The minimum Gasteiger partial charge on any atom is -0.349 e. The van der Waals surface area contributed by atoms with E-state index in [9.17, 15) is 9.18 Å². The highest BCUT2D eigenvalue weighted by Crippen LogP contribution is 2.30. The van der Waals surface area contributed by atoms with Crippen LogP contribution in [0.3, 0.4) is 0 Å². The molecular formula is C15H21FN2O. The topological polar surface area (TPSA) is 41.1 Å². The molecule has 1 aliphatic heterocycles. The first-order chi connectivity index (χ1) is 9.07. The molecule has 104 valence electrons. The van der Waals surface area contributed by atoms with E-state index in [4.69, 9.17) is 0 Å². The van der Waals surface area contributed by atoms with E-state index in [0.29, 0.717) is 0 Å². The van der Waals surface area contributed by atoms with Crippen LogP contribution in [0, 0.1) is 11.2 Å². The quantitative estimate of drug-likeness (QED) is 0.876. The molecule has 19 heavy (non-hydrogen) atoms. The molecule has 2 rings (SSSR count). The summed E-state index contributed by atoms with van der Waals surface area (Å²) in [6, 6.07) is 6.17. The van der Waals surface area contributed by atoms with Crippen LogP contribution in [0.15, 0.2) is 24.3 Å². The normalized spacial score (nSPS) is 24.2. The lowest BCUT2D eigenvalue weighted by molar-refractivity contribution is -0.131. The van der Waals surface area contributed by atoms with E-state index in [2.05, 4.69) is 17.6 Å². The summed E-state index contributed by atoms with van der Waals surface area (Å²) < 4.78 is 12.9. The Morgan fingerprint density at radius 1 is 1.47 bits per heavy atom. The van der Waals surface area contributed by atoms with Gasteiger partial charge in [0.1, 0.15) is 5.82 Å². The molecule has 0 bridgehead atoms. The van der Waals surface area contributed by atoms with Crippen LogP contribution in [0.2, 0.25) is 0 Å². The van der Waals surface area contributed by atoms with Crippen molar-refractivity contribution in [1.29, 1.82) is 0 Å². The maximum Gasteiger partial charge on any atom is 0.228 e. The molecule has 0 saturated carbocycles. The highest BCUT2D eigenvalue weighted by Gasteiger charge is 2.39. The summed E-state index contributed by atoms with van der Waals surface area (Å²) in [5.41, 5.74) is 0.640. The van der Waals surface area contributed by atoms with E-state index in [1.54, 1.807) is 12.1 Å². The molecule has 1 saturated heterocycles. The molecule has 2 unspecified atom stereocenters. The molecule has 0 aromatic heterocycles. The number of carbonyl (C=O) groups excluding carboxylic acids is 1. The highest BCUT2D eigenvalue weighted by atomic mass is 19.1. The van der Waals surface area contributed by atoms with Crippen molar-refractivity contribution in [3.8, 4) is 0 Å². The fourth-order valence-electron chi connectivity index (χ4n) is 2.58. The standard InChI is InChI=1S/C15H21FN2O/c1-3-15(8-9-17-10-15)14(19)18-11(2)12-4-6-13(16)7-5-12/h4-7,11,17H,3,8-10H2,1-2H3,(H,18,19). The van der Waals surface area contributed by atoms with Crippen molar-refractivity contribution in [2.24, 2.45) is 5.41 Å². The second kappa shape index (κ2) is 5.70. The molecule has 0 spiro atoms. The molecule has 2 N–H and O–H groups in total. The van der Waals surface area contributed by atoms with Crippen LogP contribution < -0.4 is 10.6 Å². The summed E-state index contributed by atoms with van der Waals surface area (Å²) in [6.45, 7) is 5.61. The molecule has 0 aliphatic carbocycles. The Kier molecular flexibility index (Phi) is 4.20. The number of carbonyl (C=O) groups is 1. The van der Waals surface area contributed by atoms with E-state index < -0.39 is 0 Å². The minimum absolute atomic E-state index is 0.0943. The number of hydrogen-bond donors (Lipinski definition) is 2. The summed E-state index contributed by atoms with van der Waals surface area (Å²) in [5, 5.41) is 6.30. The Morgan fingerprint density at radius 3 is 2.68 bits per heavy atom. The third-order valence-corrected chi connectivity index (χ3v) is 4.12. The lowest BCUT2D eigenvalue weighted by Gasteiger charge is -2.27. The molecule has 1 heterocycles. The van der Waals surface area contributed by atoms with Crippen molar-refractivity contribution in [1.82, 2.24) is 10.6 Å². The average molecular weight is 264 g/mol. The second-order valence-electron chi connectivity index (χ2n) is 5.31. The monoisotopic (exact) mass is 264 g/mol. The van der Waals surface area contributed by atoms with Gasteiger partial charge in [-0.05, 0) is 44.0 Å². The first-order valence-corrected chi connectivity index (χ1v) is 6.84. The van der Waals surface area contributed by atoms with Crippen molar-refractivity contribution >= 4 is 5.91 Å². The van der Waals surface area contributed by atoms with Gasteiger partial charge in [-0.3, -0.25) is 4.79 Å². The average Bonchev–Trinajstić information content (AvgIpc) is 2.89. The Bertz CT molecular complexity index is 438. The fourth-order valence-corrected chi connectivity index (χ4v) is 2.58.